The van der Waals surface area contributed by atoms with Crippen molar-refractivity contribution in [3.8, 4) is 5.75 Å². The molecule has 0 aromatic heterocycles. The first-order chi connectivity index (χ1) is 16.7. The van der Waals surface area contributed by atoms with Crippen LogP contribution in [0.2, 0.25) is 0 Å². The molecule has 0 N–H and O–H groups in total. The Balaban J connectivity index is 1.62. The number of benzene rings is 3. The number of hydrogen-bond donors (Lipinski definition) is 0. The van der Waals surface area contributed by atoms with Crippen molar-refractivity contribution in [3.63, 3.8) is 0 Å². The Labute approximate surface area is 201 Å². The fraction of sp³-hybridized carbons (Fsp3) is 0.240. The number of carbonyl (C=O) groups excluding carboxylic acids is 1. The number of nitrogens with zero attached hydrogens (tertiary/aromatic N) is 2. The quantitative estimate of drug-likeness (QED) is 0.484. The molecule has 4 rings (SSSR count). The average molecular weight is 505 g/mol. The lowest BCUT2D eigenvalue weighted by Crippen LogP contribution is -2.52. The number of likely N-dealkylation sites (N-methyl/N-ethyl adjacent to an activating group) is 1. The van der Waals surface area contributed by atoms with Crippen LogP contribution in [0.5, 0.6) is 5.75 Å². The van der Waals surface area contributed by atoms with Crippen LogP contribution in [0.3, 0.4) is 0 Å². The third-order valence-electron chi connectivity index (χ3n) is 5.86. The summed E-state index contributed by atoms with van der Waals surface area (Å²) in [5.41, 5.74) is 2.23. The van der Waals surface area contributed by atoms with E-state index in [-0.39, 0.29) is 25.3 Å². The molecule has 1 aliphatic heterocycles. The fourth-order valence-electron chi connectivity index (χ4n) is 4.12. The zero-order chi connectivity index (χ0) is 25.2. The first-order valence-corrected chi connectivity index (χ1v) is 12.2. The number of rotatable bonds is 7. The predicted octanol–water partition coefficient (Wildman–Crippen LogP) is 4.20. The molecule has 0 bridgehead atoms. The van der Waals surface area contributed by atoms with Gasteiger partial charge in [-0.05, 0) is 47.4 Å². The van der Waals surface area contributed by atoms with Crippen molar-refractivity contribution < 1.29 is 31.1 Å². The van der Waals surface area contributed by atoms with Crippen molar-refractivity contribution in [2.45, 2.75) is 37.1 Å². The Hall–Kier alpha value is -3.37. The lowest BCUT2D eigenvalue weighted by Gasteiger charge is -2.37. The van der Waals surface area contributed by atoms with Crippen LogP contribution in [-0.2, 0) is 34.3 Å². The molecule has 0 fully saturated rings. The third kappa shape index (κ3) is 5.33. The molecule has 0 saturated heterocycles. The van der Waals surface area contributed by atoms with E-state index in [4.69, 9.17) is 0 Å². The molecule has 0 aliphatic carbocycles. The number of alkyl halides is 2. The van der Waals surface area contributed by atoms with Gasteiger partial charge in [0.25, 0.3) is 0 Å². The topological polar surface area (TPSA) is 66.9 Å². The molecular weight excluding hydrogens is 481 g/mol. The Kier molecular flexibility index (Phi) is 7.13. The van der Waals surface area contributed by atoms with E-state index in [9.17, 15) is 26.4 Å². The number of sulfonamides is 1. The highest BCUT2D eigenvalue weighted by molar-refractivity contribution is 7.89. The first-order valence-electron chi connectivity index (χ1n) is 10.8. The largest absolute Gasteiger partial charge is 0.435 e. The third-order valence-corrected chi connectivity index (χ3v) is 7.75. The molecule has 184 valence electrons. The second kappa shape index (κ2) is 10.1. The van der Waals surface area contributed by atoms with Crippen LogP contribution >= 0.6 is 0 Å². The standard InChI is InChI=1S/C25H23F3N2O4S/c1-29(15-17-10-12-20(13-11-17)34-25(27)28)24(31)22-14-18-6-2-3-7-19(18)16-30(22)35(32,33)23-9-5-4-8-21(23)26/h2-13,22,25H,14-16H2,1H3/t22-/m0/s1. The van der Waals surface area contributed by atoms with Gasteiger partial charge in [0.05, 0.1) is 0 Å². The van der Waals surface area contributed by atoms with Gasteiger partial charge in [-0.3, -0.25) is 4.79 Å². The normalized spacial score (nSPS) is 16.1. The van der Waals surface area contributed by atoms with Crippen LogP contribution in [0, 0.1) is 5.82 Å². The highest BCUT2D eigenvalue weighted by Crippen LogP contribution is 2.31. The van der Waals surface area contributed by atoms with Gasteiger partial charge < -0.3 is 9.64 Å². The number of fused-ring (bicyclic) bond motifs is 1. The van der Waals surface area contributed by atoms with Gasteiger partial charge >= 0.3 is 6.61 Å². The maximum Gasteiger partial charge on any atom is 0.387 e. The summed E-state index contributed by atoms with van der Waals surface area (Å²) in [7, 11) is -2.80. The molecule has 35 heavy (non-hydrogen) atoms. The zero-order valence-corrected chi connectivity index (χ0v) is 19.6. The minimum Gasteiger partial charge on any atom is -0.435 e. The molecule has 10 heteroatoms. The van der Waals surface area contributed by atoms with E-state index < -0.39 is 39.3 Å². The van der Waals surface area contributed by atoms with Crippen LogP contribution in [0.4, 0.5) is 13.2 Å². The summed E-state index contributed by atoms with van der Waals surface area (Å²) in [5.74, 6) is -1.37. The summed E-state index contributed by atoms with van der Waals surface area (Å²) in [6.07, 6.45) is 0.133. The number of carbonyl (C=O) groups is 1. The maximum absolute atomic E-state index is 14.5. The molecule has 1 aliphatic rings. The van der Waals surface area contributed by atoms with Crippen LogP contribution in [0.25, 0.3) is 0 Å². The maximum atomic E-state index is 14.5. The Morgan fingerprint density at radius 1 is 1.03 bits per heavy atom. The van der Waals surface area contributed by atoms with Gasteiger partial charge in [-0.25, -0.2) is 12.8 Å². The molecule has 3 aromatic carbocycles. The van der Waals surface area contributed by atoms with E-state index in [2.05, 4.69) is 4.74 Å². The summed E-state index contributed by atoms with van der Waals surface area (Å²) < 4.78 is 71.6. The molecule has 3 aromatic rings. The number of halogens is 3. The van der Waals surface area contributed by atoms with E-state index >= 15 is 0 Å². The molecule has 0 unspecified atom stereocenters. The molecule has 0 radical (unpaired) electrons. The summed E-state index contributed by atoms with van der Waals surface area (Å²) in [5, 5.41) is 0. The molecular formula is C25H23F3N2O4S. The molecule has 1 amide bonds. The fourth-order valence-corrected chi connectivity index (χ4v) is 5.75. The Morgan fingerprint density at radius 3 is 2.31 bits per heavy atom. The number of ether oxygens (including phenoxy) is 1. The van der Waals surface area contributed by atoms with Gasteiger partial charge in [0.1, 0.15) is 22.5 Å². The highest BCUT2D eigenvalue weighted by Gasteiger charge is 2.41. The van der Waals surface area contributed by atoms with Gasteiger partial charge in [-0.15, -0.1) is 0 Å². The Morgan fingerprint density at radius 2 is 1.66 bits per heavy atom. The van der Waals surface area contributed by atoms with Gasteiger partial charge in [-0.1, -0.05) is 48.5 Å². The minimum absolute atomic E-state index is 0.0104. The van der Waals surface area contributed by atoms with Crippen molar-refractivity contribution >= 4 is 15.9 Å². The van der Waals surface area contributed by atoms with E-state index in [1.54, 1.807) is 24.3 Å². The molecule has 1 atom stereocenters. The van der Waals surface area contributed by atoms with Crippen molar-refractivity contribution in [2.24, 2.45) is 0 Å². The molecule has 1 heterocycles. The number of hydrogen-bond acceptors (Lipinski definition) is 4. The predicted molar refractivity (Wildman–Crippen MR) is 123 cm³/mol. The monoisotopic (exact) mass is 504 g/mol. The van der Waals surface area contributed by atoms with E-state index in [0.29, 0.717) is 5.56 Å². The SMILES string of the molecule is CN(Cc1ccc(OC(F)F)cc1)C(=O)[C@@H]1Cc2ccccc2CN1S(=O)(=O)c1ccccc1F. The first kappa shape index (κ1) is 24.7. The van der Waals surface area contributed by atoms with E-state index in [1.807, 2.05) is 12.1 Å². The van der Waals surface area contributed by atoms with Crippen molar-refractivity contribution in [1.82, 2.24) is 9.21 Å². The lowest BCUT2D eigenvalue weighted by atomic mass is 9.95. The smallest absolute Gasteiger partial charge is 0.387 e. The van der Waals surface area contributed by atoms with Crippen LogP contribution in [-0.4, -0.2) is 43.2 Å². The minimum atomic E-state index is -4.33. The van der Waals surface area contributed by atoms with Crippen molar-refractivity contribution in [2.75, 3.05) is 7.05 Å². The van der Waals surface area contributed by atoms with Crippen molar-refractivity contribution in [3.05, 3.63) is 95.3 Å². The average Bonchev–Trinajstić information content (AvgIpc) is 2.83. The van der Waals surface area contributed by atoms with Gasteiger partial charge in [0, 0.05) is 20.1 Å². The van der Waals surface area contributed by atoms with Gasteiger partial charge in [0.2, 0.25) is 15.9 Å². The summed E-state index contributed by atoms with van der Waals surface area (Å²) in [6, 6.07) is 17.0. The molecule has 0 saturated carbocycles. The van der Waals surface area contributed by atoms with Crippen LogP contribution in [0.1, 0.15) is 16.7 Å². The summed E-state index contributed by atoms with van der Waals surface area (Å²) >= 11 is 0. The summed E-state index contributed by atoms with van der Waals surface area (Å²) in [6.45, 7) is -2.90. The van der Waals surface area contributed by atoms with E-state index in [0.717, 1.165) is 21.5 Å². The van der Waals surface area contributed by atoms with Crippen LogP contribution in [0.15, 0.2) is 77.7 Å². The highest BCUT2D eigenvalue weighted by atomic mass is 32.2. The molecule has 0 spiro atoms. The van der Waals surface area contributed by atoms with Gasteiger partial charge in [0.15, 0.2) is 0 Å². The molecule has 6 nitrogen and oxygen atoms in total. The Bertz CT molecular complexity index is 1320. The van der Waals surface area contributed by atoms with Gasteiger partial charge in [-0.2, -0.15) is 13.1 Å². The second-order valence-corrected chi connectivity index (χ2v) is 10.0. The number of amides is 1. The second-order valence-electron chi connectivity index (χ2n) is 8.19. The van der Waals surface area contributed by atoms with Crippen molar-refractivity contribution in [1.29, 1.82) is 0 Å². The lowest BCUT2D eigenvalue weighted by molar-refractivity contribution is -0.135. The zero-order valence-electron chi connectivity index (χ0n) is 18.8. The van der Waals surface area contributed by atoms with E-state index in [1.165, 1.54) is 42.3 Å². The summed E-state index contributed by atoms with van der Waals surface area (Å²) in [4.78, 5) is 14.4. The van der Waals surface area contributed by atoms with Crippen LogP contribution < -0.4 is 4.74 Å².